The Morgan fingerprint density at radius 3 is 2.46 bits per heavy atom. The number of rotatable bonds is 3. The lowest BCUT2D eigenvalue weighted by Crippen LogP contribution is -2.30. The predicted molar refractivity (Wildman–Crippen MR) is 45.8 cm³/mol. The van der Waals surface area contributed by atoms with Crippen molar-refractivity contribution in [2.45, 2.75) is 18.9 Å². The number of hydrogen-bond acceptors (Lipinski definition) is 2. The van der Waals surface area contributed by atoms with Gasteiger partial charge in [0, 0.05) is 0 Å². The maximum atomic E-state index is 12.0. The highest BCUT2D eigenvalue weighted by molar-refractivity contribution is 5.32. The molecule has 1 aromatic rings. The van der Waals surface area contributed by atoms with E-state index in [-0.39, 0.29) is 12.2 Å². The average molecular weight is 187 g/mol. The molecule has 3 N–H and O–H groups in total. The van der Waals surface area contributed by atoms with Crippen molar-refractivity contribution in [3.8, 4) is 5.75 Å². The Hall–Kier alpha value is -1.16. The van der Waals surface area contributed by atoms with Gasteiger partial charge in [-0.25, -0.2) is 8.78 Å². The average Bonchev–Trinajstić information content (AvgIpc) is 2.08. The Balaban J connectivity index is 2.69. The number of aromatic hydroxyl groups is 1. The number of phenolic OH excluding ortho intramolecular Hbond substituents is 1. The molecule has 0 aromatic heterocycles. The van der Waals surface area contributed by atoms with Crippen LogP contribution in [0.15, 0.2) is 24.3 Å². The molecule has 0 saturated carbocycles. The van der Waals surface area contributed by atoms with Crippen molar-refractivity contribution in [2.24, 2.45) is 5.73 Å². The Bertz CT molecular complexity index is 278. The fraction of sp³-hybridized carbons (Fsp3) is 0.333. The minimum Gasteiger partial charge on any atom is -0.508 e. The van der Waals surface area contributed by atoms with Crippen LogP contribution in [0.25, 0.3) is 0 Å². The van der Waals surface area contributed by atoms with Crippen molar-refractivity contribution in [3.05, 3.63) is 29.8 Å². The Kier molecular flexibility index (Phi) is 3.19. The summed E-state index contributed by atoms with van der Waals surface area (Å²) in [6.45, 7) is 0. The summed E-state index contributed by atoms with van der Waals surface area (Å²) in [5.74, 6) is 0.0126. The molecule has 0 heterocycles. The summed E-state index contributed by atoms with van der Waals surface area (Å²) < 4.78 is 24.1. The minimum atomic E-state index is -2.56. The van der Waals surface area contributed by atoms with Crippen molar-refractivity contribution in [1.82, 2.24) is 0 Å². The zero-order valence-corrected chi connectivity index (χ0v) is 6.95. The summed E-state index contributed by atoms with van der Waals surface area (Å²) in [4.78, 5) is 0. The zero-order chi connectivity index (χ0) is 9.84. The highest BCUT2D eigenvalue weighted by Gasteiger charge is 2.16. The molecule has 1 atom stereocenters. The monoisotopic (exact) mass is 187 g/mol. The normalized spacial score (nSPS) is 13.2. The highest BCUT2D eigenvalue weighted by Crippen LogP contribution is 2.18. The maximum absolute atomic E-state index is 12.0. The SMILES string of the molecule is NC(Cc1ccccc1O)C(F)F. The topological polar surface area (TPSA) is 46.2 Å². The standard InChI is InChI=1S/C9H11F2NO/c10-9(11)7(12)5-6-3-1-2-4-8(6)13/h1-4,7,9,13H,5,12H2. The number of para-hydroxylation sites is 1. The lowest BCUT2D eigenvalue weighted by molar-refractivity contribution is 0.115. The van der Waals surface area contributed by atoms with E-state index < -0.39 is 12.5 Å². The van der Waals surface area contributed by atoms with Crippen molar-refractivity contribution < 1.29 is 13.9 Å². The molecule has 2 nitrogen and oxygen atoms in total. The second-order valence-corrected chi connectivity index (χ2v) is 2.83. The Morgan fingerprint density at radius 1 is 1.31 bits per heavy atom. The molecular formula is C9H11F2NO. The summed E-state index contributed by atoms with van der Waals surface area (Å²) in [7, 11) is 0. The molecule has 0 radical (unpaired) electrons. The fourth-order valence-corrected chi connectivity index (χ4v) is 1.03. The van der Waals surface area contributed by atoms with Crippen LogP contribution in [-0.2, 0) is 6.42 Å². The first kappa shape index (κ1) is 9.92. The molecule has 72 valence electrons. The summed E-state index contributed by atoms with van der Waals surface area (Å²) in [5, 5.41) is 9.24. The van der Waals surface area contributed by atoms with Crippen LogP contribution in [-0.4, -0.2) is 17.6 Å². The number of hydrogen-bond donors (Lipinski definition) is 2. The van der Waals surface area contributed by atoms with Gasteiger partial charge in [0.2, 0.25) is 0 Å². The molecular weight excluding hydrogens is 176 g/mol. The van der Waals surface area contributed by atoms with Crippen molar-refractivity contribution >= 4 is 0 Å². The van der Waals surface area contributed by atoms with E-state index in [1.165, 1.54) is 6.07 Å². The van der Waals surface area contributed by atoms with Crippen LogP contribution in [0.3, 0.4) is 0 Å². The lowest BCUT2D eigenvalue weighted by atomic mass is 10.1. The van der Waals surface area contributed by atoms with Gasteiger partial charge in [-0.1, -0.05) is 18.2 Å². The van der Waals surface area contributed by atoms with E-state index in [4.69, 9.17) is 5.73 Å². The van der Waals surface area contributed by atoms with E-state index in [0.717, 1.165) is 0 Å². The van der Waals surface area contributed by atoms with Gasteiger partial charge in [-0.2, -0.15) is 0 Å². The zero-order valence-electron chi connectivity index (χ0n) is 6.95. The number of nitrogens with two attached hydrogens (primary N) is 1. The third-order valence-electron chi connectivity index (χ3n) is 1.77. The Labute approximate surface area is 75.0 Å². The first-order valence-corrected chi connectivity index (χ1v) is 3.92. The van der Waals surface area contributed by atoms with Crippen LogP contribution >= 0.6 is 0 Å². The summed E-state index contributed by atoms with van der Waals surface area (Å²) in [6.07, 6.45) is -2.57. The highest BCUT2D eigenvalue weighted by atomic mass is 19.3. The molecule has 4 heteroatoms. The van der Waals surface area contributed by atoms with Crippen LogP contribution < -0.4 is 5.73 Å². The maximum Gasteiger partial charge on any atom is 0.253 e. The quantitative estimate of drug-likeness (QED) is 0.753. The second-order valence-electron chi connectivity index (χ2n) is 2.83. The van der Waals surface area contributed by atoms with Gasteiger partial charge < -0.3 is 10.8 Å². The van der Waals surface area contributed by atoms with E-state index in [1.807, 2.05) is 0 Å². The van der Waals surface area contributed by atoms with E-state index in [2.05, 4.69) is 0 Å². The molecule has 1 unspecified atom stereocenters. The van der Waals surface area contributed by atoms with Crippen LogP contribution in [0.2, 0.25) is 0 Å². The molecule has 13 heavy (non-hydrogen) atoms. The van der Waals surface area contributed by atoms with Crippen molar-refractivity contribution in [3.63, 3.8) is 0 Å². The number of benzene rings is 1. The molecule has 0 bridgehead atoms. The molecule has 0 aliphatic rings. The van der Waals surface area contributed by atoms with E-state index in [1.54, 1.807) is 18.2 Å². The predicted octanol–water partition coefficient (Wildman–Crippen LogP) is 1.53. The smallest absolute Gasteiger partial charge is 0.253 e. The number of phenols is 1. The van der Waals surface area contributed by atoms with Gasteiger partial charge in [-0.15, -0.1) is 0 Å². The fourth-order valence-electron chi connectivity index (χ4n) is 1.03. The second kappa shape index (κ2) is 4.18. The number of alkyl halides is 2. The van der Waals surface area contributed by atoms with Gasteiger partial charge in [0.1, 0.15) is 5.75 Å². The third-order valence-corrected chi connectivity index (χ3v) is 1.77. The van der Waals surface area contributed by atoms with E-state index in [9.17, 15) is 13.9 Å². The summed E-state index contributed by atoms with van der Waals surface area (Å²) in [6, 6.07) is 5.12. The molecule has 1 aromatic carbocycles. The van der Waals surface area contributed by atoms with Crippen LogP contribution in [0.5, 0.6) is 5.75 Å². The molecule has 0 saturated heterocycles. The third kappa shape index (κ3) is 2.66. The van der Waals surface area contributed by atoms with Gasteiger partial charge in [0.25, 0.3) is 6.43 Å². The lowest BCUT2D eigenvalue weighted by Gasteiger charge is -2.10. The van der Waals surface area contributed by atoms with E-state index >= 15 is 0 Å². The van der Waals surface area contributed by atoms with Gasteiger partial charge in [-0.05, 0) is 18.1 Å². The first-order valence-electron chi connectivity index (χ1n) is 3.92. The summed E-state index contributed by atoms with van der Waals surface area (Å²) >= 11 is 0. The van der Waals surface area contributed by atoms with Gasteiger partial charge in [0.15, 0.2) is 0 Å². The minimum absolute atomic E-state index is 0.00958. The molecule has 0 fully saturated rings. The van der Waals surface area contributed by atoms with Crippen molar-refractivity contribution in [1.29, 1.82) is 0 Å². The number of halogens is 2. The molecule has 0 amide bonds. The summed E-state index contributed by atoms with van der Waals surface area (Å²) in [5.41, 5.74) is 5.61. The molecule has 0 spiro atoms. The van der Waals surface area contributed by atoms with Crippen LogP contribution in [0, 0.1) is 0 Å². The van der Waals surface area contributed by atoms with Gasteiger partial charge >= 0.3 is 0 Å². The van der Waals surface area contributed by atoms with Gasteiger partial charge in [-0.3, -0.25) is 0 Å². The van der Waals surface area contributed by atoms with Crippen LogP contribution in [0.1, 0.15) is 5.56 Å². The van der Waals surface area contributed by atoms with Gasteiger partial charge in [0.05, 0.1) is 6.04 Å². The Morgan fingerprint density at radius 2 is 1.92 bits per heavy atom. The van der Waals surface area contributed by atoms with Crippen LogP contribution in [0.4, 0.5) is 8.78 Å². The van der Waals surface area contributed by atoms with E-state index in [0.29, 0.717) is 5.56 Å². The molecule has 0 aliphatic carbocycles. The molecule has 1 rings (SSSR count). The molecule has 0 aliphatic heterocycles. The largest absolute Gasteiger partial charge is 0.508 e. The van der Waals surface area contributed by atoms with Crippen molar-refractivity contribution in [2.75, 3.05) is 0 Å². The first-order chi connectivity index (χ1) is 6.11.